The van der Waals surface area contributed by atoms with Crippen LogP contribution in [0.1, 0.15) is 30.6 Å². The van der Waals surface area contributed by atoms with Crippen LogP contribution in [0.5, 0.6) is 0 Å². The van der Waals surface area contributed by atoms with E-state index in [1.807, 2.05) is 31.2 Å². The molecule has 2 unspecified atom stereocenters. The SMILES string of the molecule is Cc1ccccc1-c1ccc(F)c(C(CC(=O)O)NC(=O)NC2C(=O)C=CN(C)C2=O)c1C.[H-].[Na+]. The normalized spacial score (nSPS) is 16.0. The first-order chi connectivity index (χ1) is 15.6. The van der Waals surface area contributed by atoms with Crippen LogP contribution in [0.2, 0.25) is 0 Å². The molecule has 0 radical (unpaired) electrons. The minimum absolute atomic E-state index is 0. The molecule has 3 rings (SSSR count). The maximum atomic E-state index is 14.9. The number of halogens is 1. The van der Waals surface area contributed by atoms with E-state index in [-0.39, 0.29) is 36.5 Å². The number of hydrogen-bond donors (Lipinski definition) is 3. The molecule has 1 aliphatic heterocycles. The number of ketones is 1. The molecule has 0 aliphatic carbocycles. The van der Waals surface area contributed by atoms with E-state index in [4.69, 9.17) is 0 Å². The van der Waals surface area contributed by atoms with Crippen LogP contribution in [0.3, 0.4) is 0 Å². The van der Waals surface area contributed by atoms with Crippen molar-refractivity contribution in [2.24, 2.45) is 0 Å². The van der Waals surface area contributed by atoms with Crippen LogP contribution in [0.25, 0.3) is 11.1 Å². The number of aliphatic carboxylic acids is 1. The second-order valence-electron chi connectivity index (χ2n) is 7.82. The van der Waals surface area contributed by atoms with Crippen molar-refractivity contribution in [2.75, 3.05) is 7.05 Å². The van der Waals surface area contributed by atoms with Crippen LogP contribution in [0.4, 0.5) is 9.18 Å². The molecule has 2 aromatic carbocycles. The van der Waals surface area contributed by atoms with Gasteiger partial charge in [0.2, 0.25) is 0 Å². The minimum Gasteiger partial charge on any atom is -1.00 e. The number of nitrogens with zero attached hydrogens (tertiary/aromatic N) is 1. The van der Waals surface area contributed by atoms with Gasteiger partial charge in [0, 0.05) is 24.9 Å². The van der Waals surface area contributed by atoms with Crippen LogP contribution in [0.15, 0.2) is 48.7 Å². The van der Waals surface area contributed by atoms with Crippen LogP contribution < -0.4 is 40.2 Å². The number of carbonyl (C=O) groups excluding carboxylic acids is 3. The first kappa shape index (κ1) is 27.2. The number of urea groups is 1. The second-order valence-corrected chi connectivity index (χ2v) is 7.82. The van der Waals surface area contributed by atoms with Crippen molar-refractivity contribution in [3.8, 4) is 11.1 Å². The Morgan fingerprint density at radius 3 is 2.47 bits per heavy atom. The van der Waals surface area contributed by atoms with Crippen molar-refractivity contribution in [3.05, 3.63) is 71.2 Å². The Labute approximate surface area is 220 Å². The Bertz CT molecular complexity index is 1170. The average Bonchev–Trinajstić information content (AvgIpc) is 2.74. The largest absolute Gasteiger partial charge is 1.00 e. The number of carbonyl (C=O) groups is 4. The molecule has 3 amide bonds. The van der Waals surface area contributed by atoms with Crippen molar-refractivity contribution in [1.82, 2.24) is 15.5 Å². The molecule has 1 aliphatic rings. The van der Waals surface area contributed by atoms with Crippen LogP contribution >= 0.6 is 0 Å². The van der Waals surface area contributed by atoms with Crippen molar-refractivity contribution >= 4 is 23.7 Å². The summed E-state index contributed by atoms with van der Waals surface area (Å²) in [6.45, 7) is 3.56. The van der Waals surface area contributed by atoms with Gasteiger partial charge in [-0.3, -0.25) is 14.4 Å². The van der Waals surface area contributed by atoms with Gasteiger partial charge in [-0.2, -0.15) is 0 Å². The molecule has 0 saturated carbocycles. The summed E-state index contributed by atoms with van der Waals surface area (Å²) in [4.78, 5) is 49.5. The number of amides is 3. The Morgan fingerprint density at radius 2 is 1.82 bits per heavy atom. The third-order valence-corrected chi connectivity index (χ3v) is 5.55. The summed E-state index contributed by atoms with van der Waals surface area (Å²) >= 11 is 0. The summed E-state index contributed by atoms with van der Waals surface area (Å²) in [5.41, 5.74) is 2.99. The Morgan fingerprint density at radius 1 is 1.15 bits per heavy atom. The molecule has 0 aromatic heterocycles. The molecule has 0 spiro atoms. The number of rotatable bonds is 6. The minimum atomic E-state index is -1.45. The molecule has 34 heavy (non-hydrogen) atoms. The predicted octanol–water partition coefficient (Wildman–Crippen LogP) is -0.0356. The first-order valence-electron chi connectivity index (χ1n) is 10.2. The molecule has 0 bridgehead atoms. The Hall–Kier alpha value is -3.01. The van der Waals surface area contributed by atoms with E-state index >= 15 is 0 Å². The third kappa shape index (κ3) is 5.91. The fourth-order valence-corrected chi connectivity index (χ4v) is 3.83. The van der Waals surface area contributed by atoms with Crippen molar-refractivity contribution < 1.29 is 59.7 Å². The van der Waals surface area contributed by atoms with E-state index in [0.29, 0.717) is 11.1 Å². The number of aryl methyl sites for hydroxylation is 1. The summed E-state index contributed by atoms with van der Waals surface area (Å²) in [6.07, 6.45) is 1.83. The quantitative estimate of drug-likeness (QED) is 0.399. The fourth-order valence-electron chi connectivity index (χ4n) is 3.83. The van der Waals surface area contributed by atoms with Gasteiger partial charge in [-0.1, -0.05) is 30.3 Å². The number of nitrogens with one attached hydrogen (secondary N) is 2. The fraction of sp³-hybridized carbons (Fsp3) is 0.250. The molecular formula is C24H25FN3NaO5. The van der Waals surface area contributed by atoms with E-state index in [1.54, 1.807) is 13.0 Å². The van der Waals surface area contributed by atoms with Gasteiger partial charge in [-0.05, 0) is 42.2 Å². The third-order valence-electron chi connectivity index (χ3n) is 5.55. The molecule has 8 nitrogen and oxygen atoms in total. The van der Waals surface area contributed by atoms with Gasteiger partial charge in [0.15, 0.2) is 11.8 Å². The molecule has 2 aromatic rings. The van der Waals surface area contributed by atoms with Crippen LogP contribution in [-0.2, 0) is 14.4 Å². The van der Waals surface area contributed by atoms with Crippen LogP contribution in [-0.4, -0.2) is 46.8 Å². The zero-order valence-electron chi connectivity index (χ0n) is 20.4. The topological polar surface area (TPSA) is 116 Å². The smallest absolute Gasteiger partial charge is 1.00 e. The van der Waals surface area contributed by atoms with E-state index in [1.165, 1.54) is 19.3 Å². The standard InChI is InChI=1S/C24H24FN3O5.Na.H/c1-13-6-4-5-7-15(13)16-8-9-17(25)21(14(16)2)18(12-20(30)31)26-24(33)27-22-19(29)10-11-28(3)23(22)32;;/h4-11,18,22H,12H2,1-3H3,(H,30,31)(H2,26,27,33);;/q;+1;-1. The van der Waals surface area contributed by atoms with Gasteiger partial charge < -0.3 is 22.1 Å². The maximum Gasteiger partial charge on any atom is 1.00 e. The summed E-state index contributed by atoms with van der Waals surface area (Å²) in [6, 6.07) is 6.67. The predicted molar refractivity (Wildman–Crippen MR) is 120 cm³/mol. The molecule has 3 N–H and O–H groups in total. The second kappa shape index (κ2) is 11.4. The van der Waals surface area contributed by atoms with Crippen LogP contribution in [0, 0.1) is 19.7 Å². The average molecular weight is 477 g/mol. The molecule has 1 heterocycles. The van der Waals surface area contributed by atoms with Gasteiger partial charge in [0.1, 0.15) is 5.82 Å². The molecule has 0 fully saturated rings. The van der Waals surface area contributed by atoms with Crippen molar-refractivity contribution in [2.45, 2.75) is 32.4 Å². The summed E-state index contributed by atoms with van der Waals surface area (Å²) in [7, 11) is 1.43. The number of hydrogen-bond acceptors (Lipinski definition) is 4. The summed E-state index contributed by atoms with van der Waals surface area (Å²) in [5, 5.41) is 14.1. The Kier molecular flexibility index (Phi) is 9.14. The number of carboxylic acids is 1. The summed E-state index contributed by atoms with van der Waals surface area (Å²) < 4.78 is 14.9. The van der Waals surface area contributed by atoms with E-state index < -0.39 is 48.0 Å². The monoisotopic (exact) mass is 477 g/mol. The zero-order chi connectivity index (χ0) is 24.3. The van der Waals surface area contributed by atoms with Gasteiger partial charge >= 0.3 is 41.6 Å². The summed E-state index contributed by atoms with van der Waals surface area (Å²) in [5.74, 6) is -3.19. The number of likely N-dealkylation sites (N-methyl/N-ethyl adjacent to an activating group) is 1. The zero-order valence-corrected chi connectivity index (χ0v) is 21.4. The first-order valence-corrected chi connectivity index (χ1v) is 10.2. The molecule has 0 saturated heterocycles. The van der Waals surface area contributed by atoms with Gasteiger partial charge in [0.05, 0.1) is 12.5 Å². The maximum absolute atomic E-state index is 14.9. The van der Waals surface area contributed by atoms with Gasteiger partial charge in [-0.25, -0.2) is 9.18 Å². The molecule has 174 valence electrons. The Balaban J connectivity index is 0.00000306. The van der Waals surface area contributed by atoms with E-state index in [2.05, 4.69) is 10.6 Å². The van der Waals surface area contributed by atoms with Gasteiger partial charge in [0.25, 0.3) is 5.91 Å². The van der Waals surface area contributed by atoms with E-state index in [0.717, 1.165) is 22.1 Å². The molecular weight excluding hydrogens is 452 g/mol. The van der Waals surface area contributed by atoms with E-state index in [9.17, 15) is 28.7 Å². The molecule has 2 atom stereocenters. The number of carboxylic acid groups (broad SMARTS) is 1. The number of benzene rings is 2. The van der Waals surface area contributed by atoms with Crippen molar-refractivity contribution in [1.29, 1.82) is 0 Å². The molecule has 10 heteroatoms. The van der Waals surface area contributed by atoms with Crippen molar-refractivity contribution in [3.63, 3.8) is 0 Å². The van der Waals surface area contributed by atoms with Gasteiger partial charge in [-0.15, -0.1) is 0 Å².